The third kappa shape index (κ3) is 5.15. The van der Waals surface area contributed by atoms with E-state index in [1.165, 1.54) is 18.2 Å². The van der Waals surface area contributed by atoms with Crippen LogP contribution in [-0.4, -0.2) is 25.5 Å². The molecule has 0 aliphatic rings. The number of benzene rings is 3. The summed E-state index contributed by atoms with van der Waals surface area (Å²) in [5.74, 6) is -1.79. The van der Waals surface area contributed by atoms with Gasteiger partial charge in [0.25, 0.3) is 0 Å². The lowest BCUT2D eigenvalue weighted by Crippen LogP contribution is -2.19. The van der Waals surface area contributed by atoms with E-state index in [9.17, 15) is 23.1 Å². The Morgan fingerprint density at radius 3 is 2.13 bits per heavy atom. The fourth-order valence-corrected chi connectivity index (χ4v) is 3.47. The Bertz CT molecular complexity index is 1180. The van der Waals surface area contributed by atoms with Crippen molar-refractivity contribution in [1.82, 2.24) is 0 Å². The van der Waals surface area contributed by atoms with Gasteiger partial charge in [0.15, 0.2) is 5.75 Å². The number of carboxylic acid groups (broad SMARTS) is 1. The Kier molecular flexibility index (Phi) is 6.03. The van der Waals surface area contributed by atoms with Crippen LogP contribution in [0, 0.1) is 6.92 Å². The number of rotatable bonds is 6. The summed E-state index contributed by atoms with van der Waals surface area (Å²) in [6.07, 6.45) is 0. The van der Waals surface area contributed by atoms with Gasteiger partial charge in [-0.3, -0.25) is 0 Å². The number of anilines is 2. The fourth-order valence-electron chi connectivity index (χ4n) is 2.53. The van der Waals surface area contributed by atoms with Crippen molar-refractivity contribution >= 4 is 33.5 Å². The van der Waals surface area contributed by atoms with E-state index in [2.05, 4.69) is 10.6 Å². The van der Waals surface area contributed by atoms with E-state index >= 15 is 0 Å². The van der Waals surface area contributed by atoms with E-state index in [4.69, 9.17) is 4.18 Å². The molecule has 0 aliphatic heterocycles. The van der Waals surface area contributed by atoms with Crippen molar-refractivity contribution in [3.63, 3.8) is 0 Å². The second-order valence-corrected chi connectivity index (χ2v) is 7.86. The van der Waals surface area contributed by atoms with Crippen LogP contribution in [0.2, 0.25) is 0 Å². The number of aryl methyl sites for hydroxylation is 1. The van der Waals surface area contributed by atoms with Gasteiger partial charge in [-0.05, 0) is 43.3 Å². The topological polar surface area (TPSA) is 122 Å². The number of urea groups is 1. The van der Waals surface area contributed by atoms with Gasteiger partial charge in [0.05, 0.1) is 0 Å². The number of aromatic carboxylic acids is 1. The maximum Gasteiger partial charge on any atom is 0.339 e. The molecule has 0 bridgehead atoms. The first-order valence-corrected chi connectivity index (χ1v) is 10.2. The Labute approximate surface area is 173 Å². The molecule has 30 heavy (non-hydrogen) atoms. The van der Waals surface area contributed by atoms with Gasteiger partial charge in [-0.1, -0.05) is 35.9 Å². The van der Waals surface area contributed by atoms with Crippen LogP contribution in [0.1, 0.15) is 15.9 Å². The van der Waals surface area contributed by atoms with Crippen LogP contribution < -0.4 is 14.8 Å². The van der Waals surface area contributed by atoms with Gasteiger partial charge in [0, 0.05) is 17.4 Å². The summed E-state index contributed by atoms with van der Waals surface area (Å²) in [5.41, 5.74) is 1.20. The lowest BCUT2D eigenvalue weighted by atomic mass is 10.2. The molecule has 154 valence electrons. The third-order valence-corrected chi connectivity index (χ3v) is 5.26. The molecule has 0 unspecified atom stereocenters. The van der Waals surface area contributed by atoms with Crippen molar-refractivity contribution in [3.8, 4) is 5.75 Å². The van der Waals surface area contributed by atoms with Crippen LogP contribution in [0.5, 0.6) is 5.75 Å². The molecule has 0 saturated heterocycles. The minimum atomic E-state index is -4.27. The van der Waals surface area contributed by atoms with Gasteiger partial charge in [-0.15, -0.1) is 0 Å². The van der Waals surface area contributed by atoms with Crippen molar-refractivity contribution in [2.45, 2.75) is 11.8 Å². The Hall–Kier alpha value is -3.85. The highest BCUT2D eigenvalue weighted by molar-refractivity contribution is 7.87. The van der Waals surface area contributed by atoms with Gasteiger partial charge < -0.3 is 19.9 Å². The molecule has 0 saturated carbocycles. The first kappa shape index (κ1) is 20.9. The Morgan fingerprint density at radius 2 is 1.50 bits per heavy atom. The molecular formula is C21H18N2O6S. The Balaban J connectivity index is 1.85. The summed E-state index contributed by atoms with van der Waals surface area (Å²) in [7, 11) is -4.27. The van der Waals surface area contributed by atoms with Crippen molar-refractivity contribution in [2.75, 3.05) is 10.6 Å². The second kappa shape index (κ2) is 8.66. The molecule has 3 N–H and O–H groups in total. The van der Waals surface area contributed by atoms with E-state index in [-0.39, 0.29) is 16.1 Å². The summed E-state index contributed by atoms with van der Waals surface area (Å²) >= 11 is 0. The molecule has 0 heterocycles. The van der Waals surface area contributed by atoms with E-state index in [0.717, 1.165) is 17.7 Å². The number of carbonyl (C=O) groups excluding carboxylic acids is 1. The number of nitrogens with one attached hydrogen (secondary N) is 2. The molecule has 0 aliphatic carbocycles. The van der Waals surface area contributed by atoms with Crippen LogP contribution in [0.25, 0.3) is 0 Å². The van der Waals surface area contributed by atoms with Crippen LogP contribution in [0.4, 0.5) is 16.2 Å². The molecule has 8 nitrogen and oxygen atoms in total. The zero-order valence-electron chi connectivity index (χ0n) is 15.8. The van der Waals surface area contributed by atoms with Crippen molar-refractivity contribution < 1.29 is 27.3 Å². The van der Waals surface area contributed by atoms with Crippen LogP contribution in [0.15, 0.2) is 77.7 Å². The molecule has 3 aromatic carbocycles. The molecule has 3 aromatic rings. The predicted molar refractivity (Wildman–Crippen MR) is 111 cm³/mol. The van der Waals surface area contributed by atoms with Gasteiger partial charge in [0.2, 0.25) is 0 Å². The normalized spacial score (nSPS) is 10.8. The molecule has 0 fully saturated rings. The van der Waals surface area contributed by atoms with Crippen molar-refractivity contribution in [1.29, 1.82) is 0 Å². The zero-order valence-corrected chi connectivity index (χ0v) is 16.6. The maximum absolute atomic E-state index is 12.5. The average molecular weight is 426 g/mol. The number of carboxylic acids is 1. The van der Waals surface area contributed by atoms with Gasteiger partial charge in [0.1, 0.15) is 10.5 Å². The quantitative estimate of drug-likeness (QED) is 0.510. The molecule has 0 radical (unpaired) electrons. The molecule has 0 spiro atoms. The summed E-state index contributed by atoms with van der Waals surface area (Å²) in [6, 6.07) is 17.6. The smallest absolute Gasteiger partial charge is 0.339 e. The maximum atomic E-state index is 12.5. The van der Waals surface area contributed by atoms with E-state index < -0.39 is 27.9 Å². The first-order valence-electron chi connectivity index (χ1n) is 8.76. The van der Waals surface area contributed by atoms with Crippen molar-refractivity contribution in [3.05, 3.63) is 83.9 Å². The van der Waals surface area contributed by atoms with Gasteiger partial charge in [-0.25, -0.2) is 9.59 Å². The van der Waals surface area contributed by atoms with Crippen LogP contribution in [-0.2, 0) is 10.1 Å². The largest absolute Gasteiger partial charge is 0.478 e. The highest BCUT2D eigenvalue weighted by atomic mass is 32.2. The number of para-hydroxylation sites is 1. The lowest BCUT2D eigenvalue weighted by Gasteiger charge is -2.12. The number of hydrogen-bond acceptors (Lipinski definition) is 5. The SMILES string of the molecule is Cc1ccc(S(=O)(=O)Oc2cc(NC(=O)Nc3ccccc3)ccc2C(=O)O)cc1. The highest BCUT2D eigenvalue weighted by Crippen LogP contribution is 2.27. The molecule has 0 aromatic heterocycles. The van der Waals surface area contributed by atoms with Crippen LogP contribution >= 0.6 is 0 Å². The van der Waals surface area contributed by atoms with Gasteiger partial charge in [-0.2, -0.15) is 8.42 Å². The number of carbonyl (C=O) groups is 2. The summed E-state index contributed by atoms with van der Waals surface area (Å²) in [4.78, 5) is 23.5. The average Bonchev–Trinajstić information content (AvgIpc) is 2.68. The summed E-state index contributed by atoms with van der Waals surface area (Å²) < 4.78 is 30.2. The van der Waals surface area contributed by atoms with Crippen LogP contribution in [0.3, 0.4) is 0 Å². The molecule has 2 amide bonds. The minimum Gasteiger partial charge on any atom is -0.478 e. The van der Waals surface area contributed by atoms with E-state index in [1.54, 1.807) is 49.4 Å². The molecule has 0 atom stereocenters. The fraction of sp³-hybridized carbons (Fsp3) is 0.0476. The van der Waals surface area contributed by atoms with E-state index in [0.29, 0.717) is 5.69 Å². The predicted octanol–water partition coefficient (Wildman–Crippen LogP) is 4.10. The lowest BCUT2D eigenvalue weighted by molar-refractivity contribution is 0.0695. The van der Waals surface area contributed by atoms with E-state index in [1.807, 2.05) is 0 Å². The third-order valence-electron chi connectivity index (χ3n) is 4.01. The van der Waals surface area contributed by atoms with Crippen molar-refractivity contribution in [2.24, 2.45) is 0 Å². The molecule has 9 heteroatoms. The molecule has 3 rings (SSSR count). The Morgan fingerprint density at radius 1 is 0.867 bits per heavy atom. The standard InChI is InChI=1S/C21H18N2O6S/c1-14-7-10-17(11-8-14)30(27,28)29-19-13-16(9-12-18(19)20(24)25)23-21(26)22-15-5-3-2-4-6-15/h2-13H,1H3,(H,24,25)(H2,22,23,26). The first-order chi connectivity index (χ1) is 14.2. The summed E-state index contributed by atoms with van der Waals surface area (Å²) in [5, 5.41) is 14.5. The molecular weight excluding hydrogens is 408 g/mol. The second-order valence-electron chi connectivity index (χ2n) is 6.31. The summed E-state index contributed by atoms with van der Waals surface area (Å²) in [6.45, 7) is 1.80. The number of amides is 2. The zero-order chi connectivity index (χ0) is 21.7. The van der Waals surface area contributed by atoms with Gasteiger partial charge >= 0.3 is 22.1 Å². The minimum absolute atomic E-state index is 0.121. The monoisotopic (exact) mass is 426 g/mol. The highest BCUT2D eigenvalue weighted by Gasteiger charge is 2.21. The number of hydrogen-bond donors (Lipinski definition) is 3.